The Bertz CT molecular complexity index is 498. The van der Waals surface area contributed by atoms with Crippen LogP contribution in [0.3, 0.4) is 0 Å². The Morgan fingerprint density at radius 2 is 2.08 bits per heavy atom. The minimum Gasteiger partial charge on any atom is -0.467 e. The normalized spacial score (nSPS) is 11.6. The summed E-state index contributed by atoms with van der Waals surface area (Å²) in [6.07, 6.45) is 2.47. The molecule has 0 radical (unpaired) electrons. The molecule has 0 unspecified atom stereocenters. The van der Waals surface area contributed by atoms with Crippen LogP contribution in [0.4, 0.5) is 0 Å². The van der Waals surface area contributed by atoms with Crippen LogP contribution in [0.15, 0.2) is 27.8 Å². The molecule has 0 aliphatic heterocycles. The number of nitrogens with one attached hydrogen (secondary N) is 3. The first-order valence-corrected chi connectivity index (χ1v) is 8.34. The lowest BCUT2D eigenvalue weighted by Crippen LogP contribution is -2.43. The predicted octanol–water partition coefficient (Wildman–Crippen LogP) is 2.27. The number of furan rings is 1. The fraction of sp³-hybridized carbons (Fsp3) is 0.647. The third kappa shape index (κ3) is 12.7. The number of rotatable bonds is 9. The maximum atomic E-state index is 11.8. The molecule has 25 heavy (non-hydrogen) atoms. The summed E-state index contributed by atoms with van der Waals surface area (Å²) >= 11 is 0. The number of hydrogen-bond donors (Lipinski definition) is 3. The van der Waals surface area contributed by atoms with Gasteiger partial charge in [-0.05, 0) is 46.2 Å². The van der Waals surface area contributed by atoms with Crippen LogP contribution in [0.5, 0.6) is 0 Å². The number of ether oxygens (including phenoxy) is 1. The Morgan fingerprint density at radius 3 is 2.68 bits per heavy atom. The molecule has 1 aromatic rings. The molecule has 144 valence electrons. The van der Waals surface area contributed by atoms with Gasteiger partial charge < -0.3 is 25.1 Å². The Labute approximate surface area is 167 Å². The van der Waals surface area contributed by atoms with E-state index in [4.69, 9.17) is 9.15 Å². The second-order valence-corrected chi connectivity index (χ2v) is 6.41. The van der Waals surface area contributed by atoms with Crippen molar-refractivity contribution in [2.75, 3.05) is 26.2 Å². The van der Waals surface area contributed by atoms with Crippen molar-refractivity contribution in [2.24, 2.45) is 4.99 Å². The summed E-state index contributed by atoms with van der Waals surface area (Å²) in [5.41, 5.74) is -0.246. The summed E-state index contributed by atoms with van der Waals surface area (Å²) in [7, 11) is 0. The zero-order chi connectivity index (χ0) is 17.8. The molecular formula is C17H31IN4O3. The van der Waals surface area contributed by atoms with Crippen molar-refractivity contribution in [3.63, 3.8) is 0 Å². The fourth-order valence-electron chi connectivity index (χ4n) is 1.90. The lowest BCUT2D eigenvalue weighted by molar-refractivity contribution is -0.121. The average Bonchev–Trinajstić information content (AvgIpc) is 2.99. The summed E-state index contributed by atoms with van der Waals surface area (Å²) in [6.45, 7) is 10.5. The van der Waals surface area contributed by atoms with Gasteiger partial charge in [0.1, 0.15) is 18.9 Å². The molecule has 0 aromatic carbocycles. The van der Waals surface area contributed by atoms with Crippen LogP contribution < -0.4 is 16.0 Å². The van der Waals surface area contributed by atoms with Crippen molar-refractivity contribution in [2.45, 2.75) is 46.3 Å². The van der Waals surface area contributed by atoms with E-state index in [1.165, 1.54) is 0 Å². The zero-order valence-electron chi connectivity index (χ0n) is 15.6. The number of amides is 1. The molecule has 1 rings (SSSR count). The Balaban J connectivity index is 0.00000576. The molecule has 0 atom stereocenters. The monoisotopic (exact) mass is 466 g/mol. The predicted molar refractivity (Wildman–Crippen MR) is 110 cm³/mol. The maximum absolute atomic E-state index is 11.8. The second-order valence-electron chi connectivity index (χ2n) is 6.41. The summed E-state index contributed by atoms with van der Waals surface area (Å²) in [5.74, 6) is 1.36. The van der Waals surface area contributed by atoms with Crippen molar-refractivity contribution < 1.29 is 13.9 Å². The van der Waals surface area contributed by atoms with Crippen LogP contribution in [-0.2, 0) is 16.1 Å². The van der Waals surface area contributed by atoms with Gasteiger partial charge in [0.25, 0.3) is 0 Å². The molecule has 0 bridgehead atoms. The molecule has 0 aliphatic rings. The molecule has 7 nitrogen and oxygen atoms in total. The van der Waals surface area contributed by atoms with Crippen LogP contribution >= 0.6 is 24.0 Å². The highest BCUT2D eigenvalue weighted by atomic mass is 127. The van der Waals surface area contributed by atoms with E-state index in [1.807, 2.05) is 39.8 Å². The Hall–Kier alpha value is -1.29. The molecule has 8 heteroatoms. The minimum absolute atomic E-state index is 0. The second kappa shape index (κ2) is 13.0. The number of halogens is 1. The topological polar surface area (TPSA) is 87.9 Å². The molecule has 1 amide bonds. The van der Waals surface area contributed by atoms with E-state index in [0.717, 1.165) is 18.7 Å². The summed E-state index contributed by atoms with van der Waals surface area (Å²) in [5, 5.41) is 9.19. The summed E-state index contributed by atoms with van der Waals surface area (Å²) in [6, 6.07) is 3.73. The minimum atomic E-state index is -0.246. The molecule has 0 saturated carbocycles. The van der Waals surface area contributed by atoms with Crippen LogP contribution in [-0.4, -0.2) is 43.6 Å². The first kappa shape index (κ1) is 23.7. The Morgan fingerprint density at radius 1 is 1.32 bits per heavy atom. The van der Waals surface area contributed by atoms with Crippen molar-refractivity contribution in [3.8, 4) is 0 Å². The van der Waals surface area contributed by atoms with Gasteiger partial charge in [0.15, 0.2) is 5.96 Å². The van der Waals surface area contributed by atoms with E-state index in [9.17, 15) is 4.79 Å². The van der Waals surface area contributed by atoms with Crippen LogP contribution in [0.25, 0.3) is 0 Å². The van der Waals surface area contributed by atoms with Gasteiger partial charge in [-0.15, -0.1) is 24.0 Å². The molecule has 0 spiro atoms. The Kier molecular flexibility index (Phi) is 12.3. The van der Waals surface area contributed by atoms with Crippen LogP contribution in [0.2, 0.25) is 0 Å². The van der Waals surface area contributed by atoms with Crippen molar-refractivity contribution in [3.05, 3.63) is 24.2 Å². The molecule has 3 N–H and O–H groups in total. The van der Waals surface area contributed by atoms with Crippen LogP contribution in [0, 0.1) is 0 Å². The van der Waals surface area contributed by atoms with Gasteiger partial charge in [-0.3, -0.25) is 4.79 Å². The van der Waals surface area contributed by atoms with Gasteiger partial charge >= 0.3 is 0 Å². The lowest BCUT2D eigenvalue weighted by Gasteiger charge is -2.20. The fourth-order valence-corrected chi connectivity index (χ4v) is 1.90. The van der Waals surface area contributed by atoms with Crippen molar-refractivity contribution >= 4 is 35.8 Å². The largest absolute Gasteiger partial charge is 0.467 e. The molecule has 0 fully saturated rings. The first-order chi connectivity index (χ1) is 11.4. The number of guanidine groups is 1. The van der Waals surface area contributed by atoms with Gasteiger partial charge in [-0.1, -0.05) is 0 Å². The molecule has 0 aliphatic carbocycles. The molecular weight excluding hydrogens is 435 g/mol. The van der Waals surface area contributed by atoms with E-state index in [1.54, 1.807) is 6.26 Å². The summed E-state index contributed by atoms with van der Waals surface area (Å²) < 4.78 is 10.7. The SMILES string of the molecule is CCNC(=NCC(=O)NC(C)(C)C)NCCCOCc1ccco1.I. The highest BCUT2D eigenvalue weighted by molar-refractivity contribution is 14.0. The average molecular weight is 466 g/mol. The highest BCUT2D eigenvalue weighted by Gasteiger charge is 2.13. The number of aliphatic imine (C=N–C) groups is 1. The number of carbonyl (C=O) groups is 1. The van der Waals surface area contributed by atoms with Gasteiger partial charge in [-0.25, -0.2) is 4.99 Å². The maximum Gasteiger partial charge on any atom is 0.242 e. The molecule has 1 aromatic heterocycles. The quantitative estimate of drug-likeness (QED) is 0.225. The third-order valence-corrected chi connectivity index (χ3v) is 2.82. The van der Waals surface area contributed by atoms with Gasteiger partial charge in [0, 0.05) is 25.2 Å². The van der Waals surface area contributed by atoms with Crippen LogP contribution in [0.1, 0.15) is 39.9 Å². The zero-order valence-corrected chi connectivity index (χ0v) is 17.9. The van der Waals surface area contributed by atoms with E-state index < -0.39 is 0 Å². The highest BCUT2D eigenvalue weighted by Crippen LogP contribution is 2.01. The molecule has 0 saturated heterocycles. The van der Waals surface area contributed by atoms with Gasteiger partial charge in [-0.2, -0.15) is 0 Å². The lowest BCUT2D eigenvalue weighted by atomic mass is 10.1. The van der Waals surface area contributed by atoms with Gasteiger partial charge in [0.05, 0.1) is 6.26 Å². The third-order valence-electron chi connectivity index (χ3n) is 2.82. The van der Waals surface area contributed by atoms with E-state index in [2.05, 4.69) is 20.9 Å². The smallest absolute Gasteiger partial charge is 0.242 e. The van der Waals surface area contributed by atoms with Gasteiger partial charge in [0.2, 0.25) is 5.91 Å². The van der Waals surface area contributed by atoms with E-state index >= 15 is 0 Å². The molecule has 1 heterocycles. The standard InChI is InChI=1S/C17H30N4O3.HI/c1-5-18-16(20-12-15(22)21-17(2,3)4)19-9-7-10-23-13-14-8-6-11-24-14;/h6,8,11H,5,7,9-10,12-13H2,1-4H3,(H,21,22)(H2,18,19,20);1H. The first-order valence-electron chi connectivity index (χ1n) is 8.34. The van der Waals surface area contributed by atoms with Crippen molar-refractivity contribution in [1.29, 1.82) is 0 Å². The number of carbonyl (C=O) groups excluding carboxylic acids is 1. The number of hydrogen-bond acceptors (Lipinski definition) is 4. The van der Waals surface area contributed by atoms with E-state index in [0.29, 0.717) is 25.7 Å². The number of nitrogens with zero attached hydrogens (tertiary/aromatic N) is 1. The van der Waals surface area contributed by atoms with E-state index in [-0.39, 0.29) is 42.0 Å². The van der Waals surface area contributed by atoms with Crippen molar-refractivity contribution in [1.82, 2.24) is 16.0 Å². The summed E-state index contributed by atoms with van der Waals surface area (Å²) in [4.78, 5) is 16.1.